The normalized spacial score (nSPS) is 19.6. The van der Waals surface area contributed by atoms with Crippen LogP contribution in [0.4, 0.5) is 11.4 Å². The SMILES string of the molecule is Cc1cc([C@@H]2[C@@H](c3ccccn3)NC(=S)N2c2ccc(N3CCOCC3)cc2)c(C)n1-c1cccc(Br)c1. The van der Waals surface area contributed by atoms with Crippen molar-refractivity contribution in [2.75, 3.05) is 36.1 Å². The average Bonchev–Trinajstić information content (AvgIpc) is 3.44. The van der Waals surface area contributed by atoms with Gasteiger partial charge in [0.2, 0.25) is 0 Å². The molecule has 6 rings (SSSR count). The van der Waals surface area contributed by atoms with E-state index >= 15 is 0 Å². The molecule has 2 aromatic carbocycles. The lowest BCUT2D eigenvalue weighted by atomic mass is 9.96. The molecule has 4 aromatic rings. The lowest BCUT2D eigenvalue weighted by Crippen LogP contribution is -2.36. The molecule has 0 saturated carbocycles. The van der Waals surface area contributed by atoms with Crippen LogP contribution in [0.1, 0.15) is 34.7 Å². The van der Waals surface area contributed by atoms with Crippen LogP contribution in [0.2, 0.25) is 0 Å². The minimum Gasteiger partial charge on any atom is -0.378 e. The third-order valence-electron chi connectivity index (χ3n) is 7.46. The van der Waals surface area contributed by atoms with Crippen LogP contribution in [-0.2, 0) is 4.74 Å². The van der Waals surface area contributed by atoms with Crippen molar-refractivity contribution in [3.8, 4) is 5.69 Å². The van der Waals surface area contributed by atoms with Gasteiger partial charge in [-0.3, -0.25) is 4.98 Å². The summed E-state index contributed by atoms with van der Waals surface area (Å²) in [6.07, 6.45) is 1.85. The predicted octanol–water partition coefficient (Wildman–Crippen LogP) is 6.27. The van der Waals surface area contributed by atoms with E-state index in [9.17, 15) is 0 Å². The summed E-state index contributed by atoms with van der Waals surface area (Å²) < 4.78 is 8.91. The van der Waals surface area contributed by atoms with Crippen molar-refractivity contribution < 1.29 is 4.74 Å². The maximum atomic E-state index is 5.98. The first-order valence-corrected chi connectivity index (χ1v) is 14.1. The molecule has 0 radical (unpaired) electrons. The largest absolute Gasteiger partial charge is 0.378 e. The van der Waals surface area contributed by atoms with Crippen molar-refractivity contribution >= 4 is 44.6 Å². The second kappa shape index (κ2) is 10.5. The Hall–Kier alpha value is -3.20. The number of nitrogens with zero attached hydrogens (tertiary/aromatic N) is 4. The van der Waals surface area contributed by atoms with Crippen molar-refractivity contribution in [1.82, 2.24) is 14.9 Å². The second-order valence-electron chi connectivity index (χ2n) is 9.75. The second-order valence-corrected chi connectivity index (χ2v) is 11.1. The molecule has 0 amide bonds. The number of thiocarbonyl (C=S) groups is 1. The molecule has 2 atom stereocenters. The van der Waals surface area contributed by atoms with E-state index in [1.54, 1.807) is 0 Å². The highest BCUT2D eigenvalue weighted by Crippen LogP contribution is 2.44. The Labute approximate surface area is 237 Å². The zero-order chi connectivity index (χ0) is 26.2. The van der Waals surface area contributed by atoms with Crippen LogP contribution in [0.5, 0.6) is 0 Å². The fourth-order valence-corrected chi connectivity index (χ4v) is 6.43. The van der Waals surface area contributed by atoms with Gasteiger partial charge in [-0.25, -0.2) is 0 Å². The quantitative estimate of drug-likeness (QED) is 0.278. The van der Waals surface area contributed by atoms with Gasteiger partial charge in [-0.2, -0.15) is 0 Å². The van der Waals surface area contributed by atoms with Gasteiger partial charge < -0.3 is 24.4 Å². The highest BCUT2D eigenvalue weighted by molar-refractivity contribution is 9.10. The number of benzene rings is 2. The summed E-state index contributed by atoms with van der Waals surface area (Å²) in [4.78, 5) is 9.35. The number of aryl methyl sites for hydroxylation is 1. The highest BCUT2D eigenvalue weighted by Gasteiger charge is 2.42. The van der Waals surface area contributed by atoms with Crippen molar-refractivity contribution in [2.45, 2.75) is 25.9 Å². The van der Waals surface area contributed by atoms with E-state index in [0.717, 1.165) is 47.8 Å². The molecule has 2 saturated heterocycles. The van der Waals surface area contributed by atoms with Crippen LogP contribution in [0.3, 0.4) is 0 Å². The van der Waals surface area contributed by atoms with Gasteiger partial charge in [-0.15, -0.1) is 0 Å². The number of hydrogen-bond donors (Lipinski definition) is 1. The van der Waals surface area contributed by atoms with Gasteiger partial charge in [0.15, 0.2) is 5.11 Å². The van der Waals surface area contributed by atoms with Crippen LogP contribution >= 0.6 is 28.1 Å². The molecule has 6 nitrogen and oxygen atoms in total. The number of halogens is 1. The Morgan fingerprint density at radius 2 is 1.68 bits per heavy atom. The monoisotopic (exact) mass is 587 g/mol. The molecule has 1 N–H and O–H groups in total. The molecule has 2 aliphatic heterocycles. The summed E-state index contributed by atoms with van der Waals surface area (Å²) in [7, 11) is 0. The number of ether oxygens (including phenoxy) is 1. The van der Waals surface area contributed by atoms with Gasteiger partial charge in [-0.1, -0.05) is 28.1 Å². The molecule has 0 unspecified atom stereocenters. The molecule has 2 aromatic heterocycles. The molecule has 0 spiro atoms. The first kappa shape index (κ1) is 25.1. The Balaban J connectivity index is 1.43. The fourth-order valence-electron chi connectivity index (χ4n) is 5.69. The highest BCUT2D eigenvalue weighted by atomic mass is 79.9. The maximum Gasteiger partial charge on any atom is 0.174 e. The van der Waals surface area contributed by atoms with Crippen LogP contribution < -0.4 is 15.1 Å². The standard InChI is InChI=1S/C30H30BrN5OS/c1-20-18-26(21(2)35(20)25-7-5-6-22(31)19-25)29-28(27-8-3-4-13-32-27)33-30(38)36(29)24-11-9-23(10-12-24)34-14-16-37-17-15-34/h3-13,18-19,28-29H,14-17H2,1-2H3,(H,33,38)/t28-,29-/m1/s1. The Kier molecular flexibility index (Phi) is 6.95. The van der Waals surface area contributed by atoms with E-state index in [2.05, 4.69) is 110 Å². The van der Waals surface area contributed by atoms with Crippen molar-refractivity contribution in [3.05, 3.63) is 106 Å². The third-order valence-corrected chi connectivity index (χ3v) is 8.27. The molecule has 8 heteroatoms. The summed E-state index contributed by atoms with van der Waals surface area (Å²) in [5.41, 5.74) is 7.96. The molecule has 38 heavy (non-hydrogen) atoms. The molecule has 2 fully saturated rings. The number of nitrogens with one attached hydrogen (secondary N) is 1. The first-order valence-electron chi connectivity index (χ1n) is 12.9. The van der Waals surface area contributed by atoms with Crippen molar-refractivity contribution in [3.63, 3.8) is 0 Å². The van der Waals surface area contributed by atoms with E-state index in [1.807, 2.05) is 18.3 Å². The van der Waals surface area contributed by atoms with E-state index in [1.165, 1.54) is 22.6 Å². The van der Waals surface area contributed by atoms with E-state index in [0.29, 0.717) is 5.11 Å². The van der Waals surface area contributed by atoms with Crippen LogP contribution in [0, 0.1) is 13.8 Å². The predicted molar refractivity (Wildman–Crippen MR) is 160 cm³/mol. The number of anilines is 2. The minimum absolute atomic E-state index is 0.0567. The molecule has 0 aliphatic carbocycles. The molecule has 4 heterocycles. The summed E-state index contributed by atoms with van der Waals surface area (Å²) in [6, 6.07) is 25.4. The Bertz CT molecular complexity index is 1450. The van der Waals surface area contributed by atoms with Gasteiger partial charge in [0, 0.05) is 52.2 Å². The van der Waals surface area contributed by atoms with Crippen LogP contribution in [0.25, 0.3) is 5.69 Å². The van der Waals surface area contributed by atoms with Gasteiger partial charge in [-0.05, 0) is 92.3 Å². The van der Waals surface area contributed by atoms with Gasteiger partial charge in [0.1, 0.15) is 0 Å². The Morgan fingerprint density at radius 3 is 2.39 bits per heavy atom. The number of hydrogen-bond acceptors (Lipinski definition) is 4. The molecular weight excluding hydrogens is 558 g/mol. The van der Waals surface area contributed by atoms with Crippen LogP contribution in [0.15, 0.2) is 83.5 Å². The first-order chi connectivity index (χ1) is 18.5. The van der Waals surface area contributed by atoms with E-state index in [4.69, 9.17) is 21.9 Å². The fraction of sp³-hybridized carbons (Fsp3) is 0.267. The number of aromatic nitrogens is 2. The Morgan fingerprint density at radius 1 is 0.921 bits per heavy atom. The van der Waals surface area contributed by atoms with Gasteiger partial charge in [0.05, 0.1) is 31.0 Å². The van der Waals surface area contributed by atoms with Crippen molar-refractivity contribution in [1.29, 1.82) is 0 Å². The lowest BCUT2D eigenvalue weighted by Gasteiger charge is -2.31. The third kappa shape index (κ3) is 4.61. The van der Waals surface area contributed by atoms with Gasteiger partial charge in [0.25, 0.3) is 0 Å². The minimum atomic E-state index is -0.0842. The average molecular weight is 589 g/mol. The maximum absolute atomic E-state index is 5.98. The van der Waals surface area contributed by atoms with Crippen molar-refractivity contribution in [2.24, 2.45) is 0 Å². The molecule has 194 valence electrons. The zero-order valence-electron chi connectivity index (χ0n) is 21.5. The van der Waals surface area contributed by atoms with Gasteiger partial charge >= 0.3 is 0 Å². The molecular formula is C30H30BrN5OS. The molecule has 0 bridgehead atoms. The summed E-state index contributed by atoms with van der Waals surface area (Å²) in [5.74, 6) is 0. The van der Waals surface area contributed by atoms with E-state index in [-0.39, 0.29) is 12.1 Å². The zero-order valence-corrected chi connectivity index (χ0v) is 23.9. The molecule has 2 aliphatic rings. The number of morpholine rings is 1. The summed E-state index contributed by atoms with van der Waals surface area (Å²) in [6.45, 7) is 7.71. The summed E-state index contributed by atoms with van der Waals surface area (Å²) >= 11 is 9.61. The lowest BCUT2D eigenvalue weighted by molar-refractivity contribution is 0.122. The summed E-state index contributed by atoms with van der Waals surface area (Å²) in [5, 5.41) is 4.31. The number of rotatable bonds is 5. The van der Waals surface area contributed by atoms with E-state index < -0.39 is 0 Å². The van der Waals surface area contributed by atoms with Crippen LogP contribution in [-0.4, -0.2) is 41.0 Å². The number of pyridine rings is 1. The smallest absolute Gasteiger partial charge is 0.174 e. The topological polar surface area (TPSA) is 45.6 Å².